The first-order chi connectivity index (χ1) is 10.1. The van der Waals surface area contributed by atoms with Crippen molar-refractivity contribution in [1.82, 2.24) is 0 Å². The molecule has 0 aliphatic rings. The number of fused-ring (bicyclic) bond motifs is 1. The second-order valence-electron chi connectivity index (χ2n) is 4.69. The number of nitrogens with two attached hydrogens (primary N) is 1. The van der Waals surface area contributed by atoms with E-state index in [9.17, 15) is 8.78 Å². The number of benzene rings is 2. The molecule has 3 rings (SSSR count). The average Bonchev–Trinajstić information content (AvgIpc) is 2.89. The summed E-state index contributed by atoms with van der Waals surface area (Å²) < 4.78 is 32.8. The molecule has 0 amide bonds. The van der Waals surface area contributed by atoms with Crippen LogP contribution in [0.5, 0.6) is 5.75 Å². The second kappa shape index (κ2) is 5.42. The molecule has 21 heavy (non-hydrogen) atoms. The molecule has 1 aromatic heterocycles. The molecule has 0 saturated heterocycles. The minimum atomic E-state index is -0.517. The van der Waals surface area contributed by atoms with E-state index in [-0.39, 0.29) is 11.6 Å². The van der Waals surface area contributed by atoms with Crippen molar-refractivity contribution in [3.63, 3.8) is 0 Å². The van der Waals surface area contributed by atoms with Crippen LogP contribution in [-0.2, 0) is 0 Å². The Labute approximate surface area is 124 Å². The van der Waals surface area contributed by atoms with Crippen molar-refractivity contribution in [2.24, 2.45) is 5.73 Å². The molecule has 0 saturated carbocycles. The van der Waals surface area contributed by atoms with Gasteiger partial charge in [-0.2, -0.15) is 0 Å². The molecule has 0 radical (unpaired) electrons. The molecule has 108 valence electrons. The van der Waals surface area contributed by atoms with Crippen molar-refractivity contribution < 1.29 is 13.5 Å². The van der Waals surface area contributed by atoms with Gasteiger partial charge in [0.05, 0.1) is 13.2 Å². The predicted molar refractivity (Wildman–Crippen MR) is 80.8 cm³/mol. The normalized spacial score (nSPS) is 12.6. The lowest BCUT2D eigenvalue weighted by atomic mass is 10.0. The van der Waals surface area contributed by atoms with Gasteiger partial charge < -0.3 is 10.5 Å². The number of halogens is 2. The Morgan fingerprint density at radius 3 is 2.52 bits per heavy atom. The number of hydrogen-bond donors (Lipinski definition) is 1. The Morgan fingerprint density at radius 2 is 1.76 bits per heavy atom. The van der Waals surface area contributed by atoms with Gasteiger partial charge in [0.2, 0.25) is 0 Å². The number of ether oxygens (including phenoxy) is 1. The van der Waals surface area contributed by atoms with Gasteiger partial charge in [0, 0.05) is 15.1 Å². The van der Waals surface area contributed by atoms with E-state index in [0.717, 1.165) is 15.0 Å². The smallest absolute Gasteiger partial charge is 0.124 e. The van der Waals surface area contributed by atoms with Crippen LogP contribution in [0.3, 0.4) is 0 Å². The fourth-order valence-electron chi connectivity index (χ4n) is 2.28. The summed E-state index contributed by atoms with van der Waals surface area (Å²) in [6.45, 7) is 0. The first-order valence-electron chi connectivity index (χ1n) is 6.36. The minimum Gasteiger partial charge on any atom is -0.496 e. The van der Waals surface area contributed by atoms with Crippen LogP contribution in [0.1, 0.15) is 16.5 Å². The van der Waals surface area contributed by atoms with Crippen LogP contribution in [-0.4, -0.2) is 7.11 Å². The third kappa shape index (κ3) is 2.62. The fourth-order valence-corrected chi connectivity index (χ4v) is 3.39. The van der Waals surface area contributed by atoms with E-state index in [2.05, 4.69) is 0 Å². The van der Waals surface area contributed by atoms with Gasteiger partial charge in [0.1, 0.15) is 17.4 Å². The quantitative estimate of drug-likeness (QED) is 0.785. The molecule has 0 fully saturated rings. The fraction of sp³-hybridized carbons (Fsp3) is 0.125. The summed E-state index contributed by atoms with van der Waals surface area (Å²) in [6, 6.07) is 10.2. The third-order valence-corrected chi connectivity index (χ3v) is 4.52. The summed E-state index contributed by atoms with van der Waals surface area (Å²) in [7, 11) is 1.52. The molecule has 0 aliphatic carbocycles. The van der Waals surface area contributed by atoms with Gasteiger partial charge in [-0.25, -0.2) is 8.78 Å². The van der Waals surface area contributed by atoms with Crippen LogP contribution in [0, 0.1) is 11.6 Å². The van der Waals surface area contributed by atoms with E-state index in [4.69, 9.17) is 10.5 Å². The number of rotatable bonds is 3. The van der Waals surface area contributed by atoms with E-state index in [0.29, 0.717) is 11.3 Å². The zero-order chi connectivity index (χ0) is 15.0. The predicted octanol–water partition coefficient (Wildman–Crippen LogP) is 4.24. The molecule has 2 nitrogen and oxygen atoms in total. The lowest BCUT2D eigenvalue weighted by molar-refractivity contribution is 0.406. The number of methoxy groups -OCH3 is 1. The maximum absolute atomic E-state index is 13.5. The van der Waals surface area contributed by atoms with Crippen molar-refractivity contribution in [2.75, 3.05) is 7.11 Å². The third-order valence-electron chi connectivity index (χ3n) is 3.33. The van der Waals surface area contributed by atoms with Gasteiger partial charge in [-0.15, -0.1) is 11.3 Å². The van der Waals surface area contributed by atoms with Gasteiger partial charge in [-0.05, 0) is 41.8 Å². The van der Waals surface area contributed by atoms with Crippen LogP contribution >= 0.6 is 11.3 Å². The minimum absolute atomic E-state index is 0.284. The Hall–Kier alpha value is -1.98. The Balaban J connectivity index is 2.07. The molecule has 3 aromatic rings. The van der Waals surface area contributed by atoms with Crippen LogP contribution < -0.4 is 10.5 Å². The van der Waals surface area contributed by atoms with Crippen molar-refractivity contribution in [1.29, 1.82) is 0 Å². The molecule has 2 N–H and O–H groups in total. The molecule has 5 heteroatoms. The highest BCUT2D eigenvalue weighted by Crippen LogP contribution is 2.35. The van der Waals surface area contributed by atoms with Crippen LogP contribution in [0.15, 0.2) is 42.5 Å². The molecule has 1 unspecified atom stereocenters. The Bertz CT molecular complexity index is 800. The summed E-state index contributed by atoms with van der Waals surface area (Å²) in [5.41, 5.74) is 6.81. The lowest BCUT2D eigenvalue weighted by Crippen LogP contribution is -2.12. The molecule has 1 heterocycles. The largest absolute Gasteiger partial charge is 0.496 e. The number of hydrogen-bond acceptors (Lipinski definition) is 3. The van der Waals surface area contributed by atoms with Crippen molar-refractivity contribution >= 4 is 21.4 Å². The van der Waals surface area contributed by atoms with Gasteiger partial charge in [-0.1, -0.05) is 6.07 Å². The molecular formula is C16H13F2NOS. The van der Waals surface area contributed by atoms with Gasteiger partial charge in [0.15, 0.2) is 0 Å². The SMILES string of the molecule is COc1ccc(F)cc1C(N)c1cc2ccc(F)cc2s1. The molecule has 1 atom stereocenters. The summed E-state index contributed by atoms with van der Waals surface area (Å²) in [4.78, 5) is 0.833. The van der Waals surface area contributed by atoms with Gasteiger partial charge in [0.25, 0.3) is 0 Å². The summed E-state index contributed by atoms with van der Waals surface area (Å²) in [5.74, 6) is -0.117. The van der Waals surface area contributed by atoms with E-state index in [1.165, 1.54) is 42.7 Å². The standard InChI is InChI=1S/C16H13F2NOS/c1-20-13-5-4-10(17)7-12(13)16(19)15-6-9-2-3-11(18)8-14(9)21-15/h2-8,16H,19H2,1H3. The average molecular weight is 305 g/mol. The first-order valence-corrected chi connectivity index (χ1v) is 7.18. The second-order valence-corrected chi connectivity index (χ2v) is 5.81. The van der Waals surface area contributed by atoms with Gasteiger partial charge >= 0.3 is 0 Å². The van der Waals surface area contributed by atoms with Crippen LogP contribution in [0.25, 0.3) is 10.1 Å². The monoisotopic (exact) mass is 305 g/mol. The maximum Gasteiger partial charge on any atom is 0.124 e. The molecule has 0 spiro atoms. The zero-order valence-corrected chi connectivity index (χ0v) is 12.1. The van der Waals surface area contributed by atoms with E-state index in [1.807, 2.05) is 6.07 Å². The highest BCUT2D eigenvalue weighted by Gasteiger charge is 2.17. The van der Waals surface area contributed by atoms with Crippen molar-refractivity contribution in [3.8, 4) is 5.75 Å². The van der Waals surface area contributed by atoms with E-state index >= 15 is 0 Å². The summed E-state index contributed by atoms with van der Waals surface area (Å²) >= 11 is 1.40. The Morgan fingerprint density at radius 1 is 1.05 bits per heavy atom. The topological polar surface area (TPSA) is 35.2 Å². The Kier molecular flexibility index (Phi) is 3.61. The van der Waals surface area contributed by atoms with Crippen molar-refractivity contribution in [2.45, 2.75) is 6.04 Å². The molecular weight excluding hydrogens is 292 g/mol. The first kappa shape index (κ1) is 14.0. The highest BCUT2D eigenvalue weighted by molar-refractivity contribution is 7.19. The van der Waals surface area contributed by atoms with E-state index in [1.54, 1.807) is 12.1 Å². The number of thiophene rings is 1. The lowest BCUT2D eigenvalue weighted by Gasteiger charge is -2.14. The highest BCUT2D eigenvalue weighted by atomic mass is 32.1. The van der Waals surface area contributed by atoms with Gasteiger partial charge in [-0.3, -0.25) is 0 Å². The zero-order valence-electron chi connectivity index (χ0n) is 11.3. The maximum atomic E-state index is 13.5. The van der Waals surface area contributed by atoms with E-state index < -0.39 is 6.04 Å². The molecule has 0 bridgehead atoms. The van der Waals surface area contributed by atoms with Crippen LogP contribution in [0.2, 0.25) is 0 Å². The summed E-state index contributed by atoms with van der Waals surface area (Å²) in [5, 5.41) is 0.919. The molecule has 0 aliphatic heterocycles. The summed E-state index contributed by atoms with van der Waals surface area (Å²) in [6.07, 6.45) is 0. The molecule has 2 aromatic carbocycles. The van der Waals surface area contributed by atoms with Crippen LogP contribution in [0.4, 0.5) is 8.78 Å². The van der Waals surface area contributed by atoms with Crippen molar-refractivity contribution in [3.05, 3.63) is 64.5 Å².